The minimum Gasteiger partial charge on any atom is -0.456 e. The zero-order valence-electron chi connectivity index (χ0n) is 30.1. The molecule has 1 spiro atoms. The number of rotatable bonds is 5. The van der Waals surface area contributed by atoms with Gasteiger partial charge in [-0.15, -0.1) is 0 Å². The van der Waals surface area contributed by atoms with Crippen LogP contribution in [0.3, 0.4) is 0 Å². The SMILES string of the molecule is c1ccc(-c2ccccc2N(c2ccccc2)c2ccc(-c3cccc4c3-c3ccccc3C43c4ccccc4Oc4c3ccc3ccccc43)cc2)cc1. The van der Waals surface area contributed by atoms with Gasteiger partial charge in [-0.1, -0.05) is 176 Å². The van der Waals surface area contributed by atoms with Crippen LogP contribution in [0.1, 0.15) is 22.3 Å². The second-order valence-electron chi connectivity index (χ2n) is 14.4. The van der Waals surface area contributed by atoms with Gasteiger partial charge in [0.15, 0.2) is 0 Å². The molecule has 0 saturated carbocycles. The Balaban J connectivity index is 1.11. The maximum atomic E-state index is 6.86. The molecule has 1 unspecified atom stereocenters. The van der Waals surface area contributed by atoms with Crippen LogP contribution < -0.4 is 9.64 Å². The van der Waals surface area contributed by atoms with Gasteiger partial charge in [-0.3, -0.25) is 0 Å². The minimum absolute atomic E-state index is 0.540. The highest BCUT2D eigenvalue weighted by molar-refractivity contribution is 6.00. The third kappa shape index (κ3) is 4.68. The van der Waals surface area contributed by atoms with E-state index in [1.165, 1.54) is 61.0 Å². The van der Waals surface area contributed by atoms with Gasteiger partial charge in [-0.2, -0.15) is 0 Å². The van der Waals surface area contributed by atoms with Gasteiger partial charge >= 0.3 is 0 Å². The first kappa shape index (κ1) is 31.4. The van der Waals surface area contributed by atoms with Crippen LogP contribution in [0.25, 0.3) is 44.2 Å². The summed E-state index contributed by atoms with van der Waals surface area (Å²) in [5, 5.41) is 2.30. The van der Waals surface area contributed by atoms with E-state index in [2.05, 4.69) is 217 Å². The van der Waals surface area contributed by atoms with Crippen LogP contribution in [0, 0.1) is 0 Å². The molecule has 0 N–H and O–H groups in total. The Morgan fingerprint density at radius 3 is 1.80 bits per heavy atom. The molecule has 2 heteroatoms. The molecule has 2 nitrogen and oxygen atoms in total. The van der Waals surface area contributed by atoms with Crippen LogP contribution in [-0.2, 0) is 5.41 Å². The molecule has 1 heterocycles. The van der Waals surface area contributed by atoms with Crippen molar-refractivity contribution >= 4 is 27.8 Å². The maximum absolute atomic E-state index is 6.86. The van der Waals surface area contributed by atoms with Gasteiger partial charge in [0, 0.05) is 33.5 Å². The summed E-state index contributed by atoms with van der Waals surface area (Å²) in [4.78, 5) is 2.37. The second kappa shape index (κ2) is 12.5. The predicted molar refractivity (Wildman–Crippen MR) is 227 cm³/mol. The van der Waals surface area contributed by atoms with Crippen LogP contribution in [0.15, 0.2) is 212 Å². The molecule has 9 aromatic carbocycles. The van der Waals surface area contributed by atoms with Crippen LogP contribution in [0.5, 0.6) is 11.5 Å². The quantitative estimate of drug-likeness (QED) is 0.177. The summed E-state index contributed by atoms with van der Waals surface area (Å²) >= 11 is 0. The topological polar surface area (TPSA) is 12.5 Å². The van der Waals surface area contributed by atoms with E-state index in [1.54, 1.807) is 0 Å². The van der Waals surface area contributed by atoms with Gasteiger partial charge in [0.05, 0.1) is 11.1 Å². The molecule has 0 fully saturated rings. The largest absolute Gasteiger partial charge is 0.456 e. The van der Waals surface area contributed by atoms with E-state index in [0.717, 1.165) is 33.9 Å². The van der Waals surface area contributed by atoms with Crippen LogP contribution in [0.2, 0.25) is 0 Å². The number of ether oxygens (including phenoxy) is 1. The van der Waals surface area contributed by atoms with E-state index in [0.29, 0.717) is 0 Å². The van der Waals surface area contributed by atoms with Gasteiger partial charge in [-0.25, -0.2) is 0 Å². The summed E-state index contributed by atoms with van der Waals surface area (Å²) in [5.74, 6) is 1.84. The van der Waals surface area contributed by atoms with E-state index in [9.17, 15) is 0 Å². The Kier molecular flexibility index (Phi) is 7.11. The number of benzene rings is 9. The molecule has 1 aliphatic heterocycles. The third-order valence-electron chi connectivity index (χ3n) is 11.5. The average Bonchev–Trinajstić information content (AvgIpc) is 3.56. The molecule has 0 amide bonds. The van der Waals surface area contributed by atoms with Gasteiger partial charge in [0.1, 0.15) is 11.5 Å². The molecule has 0 aromatic heterocycles. The monoisotopic (exact) mass is 701 g/mol. The minimum atomic E-state index is -0.540. The van der Waals surface area contributed by atoms with E-state index in [1.807, 2.05) is 0 Å². The summed E-state index contributed by atoms with van der Waals surface area (Å²) in [6, 6.07) is 76.7. The Morgan fingerprint density at radius 2 is 0.964 bits per heavy atom. The summed E-state index contributed by atoms with van der Waals surface area (Å²) < 4.78 is 6.86. The van der Waals surface area contributed by atoms with Crippen molar-refractivity contribution in [1.29, 1.82) is 0 Å². The van der Waals surface area contributed by atoms with Gasteiger partial charge in [-0.05, 0) is 80.7 Å². The molecular formula is C53H35NO. The normalized spacial score (nSPS) is 14.8. The van der Waals surface area contributed by atoms with E-state index in [4.69, 9.17) is 4.74 Å². The third-order valence-corrected chi connectivity index (χ3v) is 11.5. The molecule has 9 aromatic rings. The highest BCUT2D eigenvalue weighted by Crippen LogP contribution is 2.64. The van der Waals surface area contributed by atoms with E-state index >= 15 is 0 Å². The fourth-order valence-corrected chi connectivity index (χ4v) is 9.24. The molecule has 0 radical (unpaired) electrons. The lowest BCUT2D eigenvalue weighted by atomic mass is 9.65. The fourth-order valence-electron chi connectivity index (χ4n) is 9.24. The van der Waals surface area contributed by atoms with Crippen LogP contribution in [-0.4, -0.2) is 0 Å². The van der Waals surface area contributed by atoms with Crippen molar-refractivity contribution in [3.8, 4) is 44.9 Å². The molecule has 55 heavy (non-hydrogen) atoms. The predicted octanol–water partition coefficient (Wildman–Crippen LogP) is 14.1. The summed E-state index contributed by atoms with van der Waals surface area (Å²) in [5.41, 5.74) is 15.0. The first-order valence-electron chi connectivity index (χ1n) is 18.9. The molecular weight excluding hydrogens is 667 g/mol. The summed E-state index contributed by atoms with van der Waals surface area (Å²) in [7, 11) is 0. The molecule has 11 rings (SSSR count). The van der Waals surface area contributed by atoms with Crippen molar-refractivity contribution < 1.29 is 4.74 Å². The molecule has 2 aliphatic rings. The van der Waals surface area contributed by atoms with Crippen LogP contribution >= 0.6 is 0 Å². The standard InChI is InChI=1S/C53H35NO/c1-3-16-36(17-4-1)41-21-10-13-28-49(41)54(39-19-5-2-6-20-39)40-33-30-38(31-34-40)42-24-15-27-47-51(42)44-23-9-11-25-45(44)53(47)46-26-12-14-29-50(46)55-52-43-22-8-7-18-37(43)32-35-48(52)53/h1-35H. The lowest BCUT2D eigenvalue weighted by molar-refractivity contribution is 0.441. The van der Waals surface area contributed by atoms with E-state index < -0.39 is 5.41 Å². The van der Waals surface area contributed by atoms with Gasteiger partial charge in [0.2, 0.25) is 0 Å². The number of hydrogen-bond acceptors (Lipinski definition) is 2. The summed E-state index contributed by atoms with van der Waals surface area (Å²) in [6.07, 6.45) is 0. The molecule has 1 aliphatic carbocycles. The second-order valence-corrected chi connectivity index (χ2v) is 14.4. The lowest BCUT2D eigenvalue weighted by Crippen LogP contribution is -2.32. The van der Waals surface area contributed by atoms with Crippen molar-refractivity contribution in [3.05, 3.63) is 235 Å². The van der Waals surface area contributed by atoms with Crippen LogP contribution in [0.4, 0.5) is 17.1 Å². The first-order valence-corrected chi connectivity index (χ1v) is 18.9. The number of nitrogens with zero attached hydrogens (tertiary/aromatic N) is 1. The van der Waals surface area contributed by atoms with Crippen molar-refractivity contribution in [2.75, 3.05) is 4.90 Å². The Hall–Kier alpha value is -7.16. The fraction of sp³-hybridized carbons (Fsp3) is 0.0189. The molecule has 0 bridgehead atoms. The molecule has 258 valence electrons. The van der Waals surface area contributed by atoms with E-state index in [-0.39, 0.29) is 0 Å². The Labute approximate surface area is 321 Å². The first-order chi connectivity index (χ1) is 27.3. The molecule has 1 atom stereocenters. The van der Waals surface area contributed by atoms with Crippen molar-refractivity contribution in [2.45, 2.75) is 5.41 Å². The number of hydrogen-bond donors (Lipinski definition) is 0. The maximum Gasteiger partial charge on any atom is 0.140 e. The van der Waals surface area contributed by atoms with Gasteiger partial charge in [0.25, 0.3) is 0 Å². The number of anilines is 3. The average molecular weight is 702 g/mol. The smallest absolute Gasteiger partial charge is 0.140 e. The van der Waals surface area contributed by atoms with Crippen molar-refractivity contribution in [3.63, 3.8) is 0 Å². The molecule has 0 saturated heterocycles. The zero-order chi connectivity index (χ0) is 36.3. The Bertz CT molecular complexity index is 2900. The lowest BCUT2D eigenvalue weighted by Gasteiger charge is -2.39. The highest BCUT2D eigenvalue weighted by Gasteiger charge is 2.51. The zero-order valence-corrected chi connectivity index (χ0v) is 30.1. The summed E-state index contributed by atoms with van der Waals surface area (Å²) in [6.45, 7) is 0. The van der Waals surface area contributed by atoms with Gasteiger partial charge < -0.3 is 9.64 Å². The van der Waals surface area contributed by atoms with Crippen molar-refractivity contribution in [2.24, 2.45) is 0 Å². The van der Waals surface area contributed by atoms with Crippen molar-refractivity contribution in [1.82, 2.24) is 0 Å². The Morgan fingerprint density at radius 1 is 0.364 bits per heavy atom. The highest BCUT2D eigenvalue weighted by atomic mass is 16.5. The number of fused-ring (bicyclic) bond motifs is 11. The number of para-hydroxylation sites is 3.